The maximum absolute atomic E-state index is 12.0. The van der Waals surface area contributed by atoms with Crippen molar-refractivity contribution < 1.29 is 20.1 Å². The molecule has 20 heavy (non-hydrogen) atoms. The summed E-state index contributed by atoms with van der Waals surface area (Å²) in [6.07, 6.45) is -1.29. The summed E-state index contributed by atoms with van der Waals surface area (Å²) in [7, 11) is 0. The van der Waals surface area contributed by atoms with Gasteiger partial charge in [-0.2, -0.15) is 0 Å². The number of carboxylic acid groups (broad SMARTS) is 1. The topological polar surface area (TPSA) is 111 Å². The molecule has 6 nitrogen and oxygen atoms in total. The number of fused-ring (bicyclic) bond motifs is 1. The van der Waals surface area contributed by atoms with E-state index in [1.54, 1.807) is 0 Å². The van der Waals surface area contributed by atoms with Gasteiger partial charge in [-0.25, -0.2) is 4.79 Å². The fourth-order valence-corrected chi connectivity index (χ4v) is 2.05. The van der Waals surface area contributed by atoms with Gasteiger partial charge >= 0.3 is 5.97 Å². The van der Waals surface area contributed by atoms with Crippen LogP contribution < -0.4 is 5.43 Å². The van der Waals surface area contributed by atoms with Gasteiger partial charge in [0.2, 0.25) is 5.43 Å². The fraction of sp³-hybridized carbons (Fsp3) is 0.231. The summed E-state index contributed by atoms with van der Waals surface area (Å²) in [5.41, 5.74) is -0.308. The Kier molecular flexibility index (Phi) is 4.08. The fourth-order valence-electron chi connectivity index (χ4n) is 1.89. The number of aromatic nitrogens is 1. The molecule has 1 heterocycles. The molecule has 0 saturated heterocycles. The van der Waals surface area contributed by atoms with E-state index in [0.717, 1.165) is 6.20 Å². The molecule has 4 N–H and O–H groups in total. The zero-order valence-electron chi connectivity index (χ0n) is 10.2. The van der Waals surface area contributed by atoms with E-state index < -0.39 is 23.6 Å². The molecule has 0 aliphatic rings. The van der Waals surface area contributed by atoms with Crippen molar-refractivity contribution in [3.8, 4) is 0 Å². The number of aromatic amines is 1. The number of hydrogen-bond acceptors (Lipinski definition) is 4. The van der Waals surface area contributed by atoms with Crippen LogP contribution in [-0.4, -0.2) is 38.3 Å². The van der Waals surface area contributed by atoms with Gasteiger partial charge in [-0.15, -0.1) is 11.6 Å². The molecular formula is C13H12ClNO5. The minimum absolute atomic E-state index is 0.128. The summed E-state index contributed by atoms with van der Waals surface area (Å²) >= 11 is 5.46. The van der Waals surface area contributed by atoms with E-state index in [1.165, 1.54) is 18.2 Å². The first-order chi connectivity index (χ1) is 9.45. The zero-order chi connectivity index (χ0) is 14.9. The second-order valence-electron chi connectivity index (χ2n) is 4.31. The van der Waals surface area contributed by atoms with E-state index in [1.807, 2.05) is 0 Å². The van der Waals surface area contributed by atoms with Crippen LogP contribution in [0.15, 0.2) is 29.2 Å². The molecule has 0 aliphatic carbocycles. The van der Waals surface area contributed by atoms with Crippen LogP contribution in [0.3, 0.4) is 0 Å². The molecule has 0 amide bonds. The molecule has 106 valence electrons. The minimum atomic E-state index is -1.33. The summed E-state index contributed by atoms with van der Waals surface area (Å²) in [4.78, 5) is 25.6. The van der Waals surface area contributed by atoms with Crippen molar-refractivity contribution in [1.82, 2.24) is 4.98 Å². The van der Waals surface area contributed by atoms with Gasteiger partial charge in [0, 0.05) is 17.1 Å². The highest BCUT2D eigenvalue weighted by Crippen LogP contribution is 2.21. The summed E-state index contributed by atoms with van der Waals surface area (Å²) in [6.45, 7) is 0. The molecule has 7 heteroatoms. The Bertz CT molecular complexity index is 711. The van der Waals surface area contributed by atoms with E-state index in [-0.39, 0.29) is 16.8 Å². The lowest BCUT2D eigenvalue weighted by molar-refractivity contribution is 0.0328. The average Bonchev–Trinajstić information content (AvgIpc) is 2.45. The first-order valence-electron chi connectivity index (χ1n) is 5.76. The molecule has 2 unspecified atom stereocenters. The van der Waals surface area contributed by atoms with E-state index >= 15 is 0 Å². The number of H-pyrrole nitrogens is 1. The number of aromatic carboxylic acids is 1. The number of carboxylic acids is 1. The smallest absolute Gasteiger partial charge is 0.341 e. The predicted octanol–water partition coefficient (Wildman–Crippen LogP) is 0.859. The second-order valence-corrected chi connectivity index (χ2v) is 4.62. The number of pyridine rings is 1. The highest BCUT2D eigenvalue weighted by atomic mass is 35.5. The van der Waals surface area contributed by atoms with Crippen molar-refractivity contribution in [3.05, 3.63) is 45.7 Å². The Hall–Kier alpha value is -1.89. The van der Waals surface area contributed by atoms with Gasteiger partial charge in [-0.1, -0.05) is 6.07 Å². The number of alkyl halides is 1. The first-order valence-corrected chi connectivity index (χ1v) is 6.30. The number of rotatable bonds is 4. The Morgan fingerprint density at radius 2 is 2.05 bits per heavy atom. The van der Waals surface area contributed by atoms with Gasteiger partial charge in [0.05, 0.1) is 12.0 Å². The summed E-state index contributed by atoms with van der Waals surface area (Å²) in [5, 5.41) is 28.4. The molecule has 0 bridgehead atoms. The number of aliphatic hydroxyl groups excluding tert-OH is 2. The van der Waals surface area contributed by atoms with Gasteiger partial charge in [0.1, 0.15) is 11.7 Å². The quantitative estimate of drug-likeness (QED) is 0.626. The molecule has 2 rings (SSSR count). The van der Waals surface area contributed by atoms with Crippen molar-refractivity contribution in [3.63, 3.8) is 0 Å². The van der Waals surface area contributed by atoms with Gasteiger partial charge < -0.3 is 20.3 Å². The van der Waals surface area contributed by atoms with Crippen LogP contribution in [0.4, 0.5) is 0 Å². The van der Waals surface area contributed by atoms with Gasteiger partial charge in [-0.3, -0.25) is 4.79 Å². The molecule has 0 aliphatic heterocycles. The van der Waals surface area contributed by atoms with Crippen LogP contribution in [0, 0.1) is 0 Å². The van der Waals surface area contributed by atoms with Crippen molar-refractivity contribution in [2.75, 3.05) is 5.88 Å². The molecule has 0 saturated carbocycles. The van der Waals surface area contributed by atoms with Crippen LogP contribution in [0.2, 0.25) is 0 Å². The molecular weight excluding hydrogens is 286 g/mol. The normalized spacial score (nSPS) is 14.2. The van der Waals surface area contributed by atoms with Crippen LogP contribution in [0.5, 0.6) is 0 Å². The number of nitrogens with one attached hydrogen (secondary N) is 1. The van der Waals surface area contributed by atoms with E-state index in [0.29, 0.717) is 11.1 Å². The highest BCUT2D eigenvalue weighted by molar-refractivity contribution is 6.18. The molecule has 1 aromatic carbocycles. The Morgan fingerprint density at radius 3 is 2.65 bits per heavy atom. The van der Waals surface area contributed by atoms with Crippen LogP contribution in [0.25, 0.3) is 10.9 Å². The molecule has 0 fully saturated rings. The summed E-state index contributed by atoms with van der Waals surface area (Å²) in [6, 6.07) is 4.40. The van der Waals surface area contributed by atoms with Crippen molar-refractivity contribution in [2.45, 2.75) is 12.2 Å². The molecule has 2 aromatic rings. The standard InChI is InChI=1S/C13H12ClNO5/c14-4-10(16)11(17)6-1-2-9-7(3-6)12(18)8(5-15-9)13(19)20/h1-3,5,10-11,16-17H,4H2,(H,15,18)(H,19,20). The number of halogens is 1. The predicted molar refractivity (Wildman–Crippen MR) is 73.2 cm³/mol. The average molecular weight is 298 g/mol. The van der Waals surface area contributed by atoms with E-state index in [2.05, 4.69) is 4.98 Å². The van der Waals surface area contributed by atoms with Crippen LogP contribution in [-0.2, 0) is 0 Å². The largest absolute Gasteiger partial charge is 0.477 e. The number of carbonyl (C=O) groups is 1. The highest BCUT2D eigenvalue weighted by Gasteiger charge is 2.19. The number of aliphatic hydroxyl groups is 2. The number of benzene rings is 1. The maximum atomic E-state index is 12.0. The lowest BCUT2D eigenvalue weighted by Gasteiger charge is -2.16. The van der Waals surface area contributed by atoms with E-state index in [9.17, 15) is 19.8 Å². The zero-order valence-corrected chi connectivity index (χ0v) is 11.0. The summed E-state index contributed by atoms with van der Waals surface area (Å²) in [5.74, 6) is -1.50. The van der Waals surface area contributed by atoms with Crippen LogP contribution in [0.1, 0.15) is 22.0 Å². The van der Waals surface area contributed by atoms with Gasteiger partial charge in [-0.05, 0) is 17.7 Å². The minimum Gasteiger partial charge on any atom is -0.477 e. The van der Waals surface area contributed by atoms with Crippen molar-refractivity contribution >= 4 is 28.5 Å². The molecule has 1 aromatic heterocycles. The summed E-state index contributed by atoms with van der Waals surface area (Å²) < 4.78 is 0. The molecule has 0 radical (unpaired) electrons. The monoisotopic (exact) mass is 297 g/mol. The maximum Gasteiger partial charge on any atom is 0.341 e. The lowest BCUT2D eigenvalue weighted by atomic mass is 10.0. The van der Waals surface area contributed by atoms with Crippen molar-refractivity contribution in [1.29, 1.82) is 0 Å². The Balaban J connectivity index is 2.60. The first kappa shape index (κ1) is 14.5. The molecule has 0 spiro atoms. The Morgan fingerprint density at radius 1 is 1.35 bits per heavy atom. The molecule has 2 atom stereocenters. The van der Waals surface area contributed by atoms with Gasteiger partial charge in [0.25, 0.3) is 0 Å². The third-order valence-electron chi connectivity index (χ3n) is 3.00. The third-order valence-corrected chi connectivity index (χ3v) is 3.32. The van der Waals surface area contributed by atoms with Crippen LogP contribution >= 0.6 is 11.6 Å². The van der Waals surface area contributed by atoms with Gasteiger partial charge in [0.15, 0.2) is 0 Å². The number of hydrogen-bond donors (Lipinski definition) is 4. The second kappa shape index (κ2) is 5.62. The Labute approximate surface area is 118 Å². The lowest BCUT2D eigenvalue weighted by Crippen LogP contribution is -2.20. The SMILES string of the molecule is O=C(O)c1c[nH]c2ccc(C(O)C(O)CCl)cc2c1=O. The third kappa shape index (κ3) is 2.53. The van der Waals surface area contributed by atoms with Crippen molar-refractivity contribution in [2.24, 2.45) is 0 Å². The van der Waals surface area contributed by atoms with E-state index in [4.69, 9.17) is 16.7 Å².